The molecule has 1 unspecified atom stereocenters. The maximum atomic E-state index is 12.3. The third kappa shape index (κ3) is 3.62. The maximum Gasteiger partial charge on any atom is 0.185 e. The standard InChI is InChI=1S/C15H15ClOS2/c1-9-4-5-12(10(2)8-9)18-11(3)15(17)13-6-7-14(16)19-13/h4-8,11H,1-3H3. The van der Waals surface area contributed by atoms with Gasteiger partial charge in [-0.15, -0.1) is 23.1 Å². The summed E-state index contributed by atoms with van der Waals surface area (Å²) in [7, 11) is 0. The van der Waals surface area contributed by atoms with E-state index in [0.29, 0.717) is 4.34 Å². The number of rotatable bonds is 4. The zero-order valence-electron chi connectivity index (χ0n) is 11.1. The highest BCUT2D eigenvalue weighted by atomic mass is 35.5. The number of thiophene rings is 1. The number of carbonyl (C=O) groups is 1. The minimum atomic E-state index is -0.101. The van der Waals surface area contributed by atoms with Crippen molar-refractivity contribution in [3.05, 3.63) is 50.7 Å². The fourth-order valence-corrected chi connectivity index (χ4v) is 3.98. The van der Waals surface area contributed by atoms with Crippen LogP contribution in [-0.4, -0.2) is 11.0 Å². The van der Waals surface area contributed by atoms with Gasteiger partial charge in [-0.05, 0) is 44.5 Å². The quantitative estimate of drug-likeness (QED) is 0.557. The topological polar surface area (TPSA) is 17.1 Å². The Morgan fingerprint density at radius 2 is 2.00 bits per heavy atom. The average molecular weight is 311 g/mol. The molecule has 0 saturated heterocycles. The van der Waals surface area contributed by atoms with Crippen LogP contribution in [0.4, 0.5) is 0 Å². The maximum absolute atomic E-state index is 12.3. The van der Waals surface area contributed by atoms with Crippen molar-refractivity contribution in [2.24, 2.45) is 0 Å². The second-order valence-corrected chi connectivity index (χ2v) is 7.59. The number of thioether (sulfide) groups is 1. The molecule has 1 aromatic heterocycles. The molecule has 0 aliphatic heterocycles. The molecule has 0 aliphatic rings. The van der Waals surface area contributed by atoms with Gasteiger partial charge in [-0.25, -0.2) is 0 Å². The van der Waals surface area contributed by atoms with E-state index in [1.165, 1.54) is 22.5 Å². The van der Waals surface area contributed by atoms with Gasteiger partial charge in [0.15, 0.2) is 5.78 Å². The Kier molecular flexibility index (Phi) is 4.71. The predicted octanol–water partition coefficient (Wildman–Crippen LogP) is 5.38. The molecule has 0 amide bonds. The van der Waals surface area contributed by atoms with E-state index in [1.807, 2.05) is 6.92 Å². The molecule has 0 saturated carbocycles. The molecule has 2 rings (SSSR count). The smallest absolute Gasteiger partial charge is 0.185 e. The molecule has 1 heterocycles. The number of ketones is 1. The van der Waals surface area contributed by atoms with Gasteiger partial charge in [0, 0.05) is 4.90 Å². The van der Waals surface area contributed by atoms with Crippen LogP contribution in [0.3, 0.4) is 0 Å². The Balaban J connectivity index is 2.12. The summed E-state index contributed by atoms with van der Waals surface area (Å²) in [5.41, 5.74) is 2.46. The molecule has 1 nitrogen and oxygen atoms in total. The third-order valence-electron chi connectivity index (χ3n) is 2.82. The summed E-state index contributed by atoms with van der Waals surface area (Å²) in [6, 6.07) is 9.87. The highest BCUT2D eigenvalue weighted by Crippen LogP contribution is 2.31. The second kappa shape index (κ2) is 6.12. The summed E-state index contributed by atoms with van der Waals surface area (Å²) in [6.45, 7) is 6.10. The Morgan fingerprint density at radius 3 is 2.58 bits per heavy atom. The van der Waals surface area contributed by atoms with E-state index in [9.17, 15) is 4.79 Å². The van der Waals surface area contributed by atoms with E-state index in [0.717, 1.165) is 9.77 Å². The summed E-state index contributed by atoms with van der Waals surface area (Å²) >= 11 is 8.82. The van der Waals surface area contributed by atoms with Crippen LogP contribution in [0.5, 0.6) is 0 Å². The molecule has 0 aliphatic carbocycles. The predicted molar refractivity (Wildman–Crippen MR) is 84.9 cm³/mol. The monoisotopic (exact) mass is 310 g/mol. The number of benzene rings is 1. The van der Waals surface area contributed by atoms with Crippen molar-refractivity contribution >= 4 is 40.5 Å². The molecule has 2 aromatic rings. The molecular formula is C15H15ClOS2. The number of hydrogen-bond donors (Lipinski definition) is 0. The van der Waals surface area contributed by atoms with E-state index in [2.05, 4.69) is 32.0 Å². The summed E-state index contributed by atoms with van der Waals surface area (Å²) in [5, 5.41) is -0.101. The van der Waals surface area contributed by atoms with Crippen LogP contribution in [-0.2, 0) is 0 Å². The third-order valence-corrected chi connectivity index (χ3v) is 5.34. The number of hydrogen-bond acceptors (Lipinski definition) is 3. The average Bonchev–Trinajstić information content (AvgIpc) is 2.78. The van der Waals surface area contributed by atoms with Gasteiger partial charge in [-0.2, -0.15) is 0 Å². The van der Waals surface area contributed by atoms with E-state index in [1.54, 1.807) is 23.9 Å². The van der Waals surface area contributed by atoms with Gasteiger partial charge in [0.2, 0.25) is 0 Å². The minimum absolute atomic E-state index is 0.101. The lowest BCUT2D eigenvalue weighted by Crippen LogP contribution is -2.12. The van der Waals surface area contributed by atoms with Gasteiger partial charge in [-0.3, -0.25) is 4.79 Å². The van der Waals surface area contributed by atoms with Crippen molar-refractivity contribution in [2.75, 3.05) is 0 Å². The summed E-state index contributed by atoms with van der Waals surface area (Å²) in [5.74, 6) is 0.141. The first-order valence-electron chi connectivity index (χ1n) is 6.01. The molecular weight excluding hydrogens is 296 g/mol. The summed E-state index contributed by atoms with van der Waals surface area (Å²) < 4.78 is 0.659. The fourth-order valence-electron chi connectivity index (χ4n) is 1.82. The molecule has 0 fully saturated rings. The fraction of sp³-hybridized carbons (Fsp3) is 0.267. The molecule has 4 heteroatoms. The Bertz CT molecular complexity index is 604. The number of carbonyl (C=O) groups excluding carboxylic acids is 1. The number of aryl methyl sites for hydroxylation is 2. The van der Waals surface area contributed by atoms with Crippen molar-refractivity contribution in [3.8, 4) is 0 Å². The molecule has 19 heavy (non-hydrogen) atoms. The van der Waals surface area contributed by atoms with Crippen molar-refractivity contribution in [3.63, 3.8) is 0 Å². The molecule has 0 spiro atoms. The normalized spacial score (nSPS) is 12.4. The minimum Gasteiger partial charge on any atom is -0.292 e. The Hall–Kier alpha value is -0.770. The molecule has 0 radical (unpaired) electrons. The summed E-state index contributed by atoms with van der Waals surface area (Å²) in [4.78, 5) is 14.2. The van der Waals surface area contributed by atoms with Crippen LogP contribution in [0.1, 0.15) is 27.7 Å². The first-order chi connectivity index (χ1) is 8.97. The van der Waals surface area contributed by atoms with Crippen molar-refractivity contribution in [2.45, 2.75) is 30.9 Å². The van der Waals surface area contributed by atoms with Crippen LogP contribution >= 0.6 is 34.7 Å². The van der Waals surface area contributed by atoms with Gasteiger partial charge in [0.1, 0.15) is 0 Å². The number of Topliss-reactive ketones (excluding diaryl/α,β-unsaturated/α-hetero) is 1. The molecule has 0 N–H and O–H groups in total. The molecule has 1 aromatic carbocycles. The van der Waals surface area contributed by atoms with Crippen molar-refractivity contribution in [1.82, 2.24) is 0 Å². The first kappa shape index (κ1) is 14.6. The SMILES string of the molecule is Cc1ccc(SC(C)C(=O)c2ccc(Cl)s2)c(C)c1. The largest absolute Gasteiger partial charge is 0.292 e. The van der Waals surface area contributed by atoms with Crippen LogP contribution in [0, 0.1) is 13.8 Å². The second-order valence-electron chi connectivity index (χ2n) is 4.50. The lowest BCUT2D eigenvalue weighted by molar-refractivity contribution is 0.0998. The zero-order valence-corrected chi connectivity index (χ0v) is 13.5. The van der Waals surface area contributed by atoms with Crippen LogP contribution in [0.15, 0.2) is 35.2 Å². The molecule has 0 bridgehead atoms. The van der Waals surface area contributed by atoms with Gasteiger partial charge in [0.25, 0.3) is 0 Å². The number of halogens is 1. The van der Waals surface area contributed by atoms with E-state index in [4.69, 9.17) is 11.6 Å². The van der Waals surface area contributed by atoms with Gasteiger partial charge < -0.3 is 0 Å². The summed E-state index contributed by atoms with van der Waals surface area (Å²) in [6.07, 6.45) is 0. The lowest BCUT2D eigenvalue weighted by atomic mass is 10.2. The Morgan fingerprint density at radius 1 is 1.26 bits per heavy atom. The molecule has 1 atom stereocenters. The lowest BCUT2D eigenvalue weighted by Gasteiger charge is -2.11. The van der Waals surface area contributed by atoms with Crippen LogP contribution < -0.4 is 0 Å². The Labute approximate surface area is 127 Å². The van der Waals surface area contributed by atoms with E-state index >= 15 is 0 Å². The van der Waals surface area contributed by atoms with Crippen molar-refractivity contribution < 1.29 is 4.79 Å². The van der Waals surface area contributed by atoms with Gasteiger partial charge in [0.05, 0.1) is 14.5 Å². The highest BCUT2D eigenvalue weighted by molar-refractivity contribution is 8.00. The van der Waals surface area contributed by atoms with Crippen LogP contribution in [0.2, 0.25) is 4.34 Å². The highest BCUT2D eigenvalue weighted by Gasteiger charge is 2.18. The van der Waals surface area contributed by atoms with E-state index < -0.39 is 0 Å². The van der Waals surface area contributed by atoms with Crippen molar-refractivity contribution in [1.29, 1.82) is 0 Å². The van der Waals surface area contributed by atoms with E-state index in [-0.39, 0.29) is 11.0 Å². The van der Waals surface area contributed by atoms with Crippen LogP contribution in [0.25, 0.3) is 0 Å². The van der Waals surface area contributed by atoms with Gasteiger partial charge >= 0.3 is 0 Å². The van der Waals surface area contributed by atoms with Gasteiger partial charge in [-0.1, -0.05) is 29.3 Å². The molecule has 100 valence electrons. The zero-order chi connectivity index (χ0) is 14.0. The first-order valence-corrected chi connectivity index (χ1v) is 8.08.